The molecular weight excluding hydrogens is 306 g/mol. The van der Waals surface area contributed by atoms with Crippen LogP contribution in [-0.2, 0) is 4.79 Å². The van der Waals surface area contributed by atoms with E-state index >= 15 is 0 Å². The van der Waals surface area contributed by atoms with Gasteiger partial charge in [0, 0.05) is 23.2 Å². The van der Waals surface area contributed by atoms with Crippen LogP contribution in [0.2, 0.25) is 0 Å². The number of rotatable bonds is 3. The van der Waals surface area contributed by atoms with Gasteiger partial charge in [-0.05, 0) is 32.8 Å². The molecule has 1 N–H and O–H groups in total. The standard InChI is InChI=1S/C18H25N3OS/c1-13-12-21-16(14(2)19-18(21)23-13)10-11-17(22)20-15-8-6-4-3-5-7-9-15/h10-12,15H,3-9H2,1-2H3,(H,20,22)/b11-10+. The van der Waals surface area contributed by atoms with Crippen molar-refractivity contribution in [3.8, 4) is 0 Å². The summed E-state index contributed by atoms with van der Waals surface area (Å²) in [5.41, 5.74) is 1.96. The molecule has 23 heavy (non-hydrogen) atoms. The zero-order valence-corrected chi connectivity index (χ0v) is 14.8. The molecule has 1 aliphatic carbocycles. The van der Waals surface area contributed by atoms with Gasteiger partial charge in [0.1, 0.15) is 0 Å². The molecule has 0 aliphatic heterocycles. The van der Waals surface area contributed by atoms with E-state index in [0.29, 0.717) is 6.04 Å². The zero-order chi connectivity index (χ0) is 16.2. The molecule has 2 aromatic rings. The van der Waals surface area contributed by atoms with E-state index in [9.17, 15) is 4.79 Å². The number of nitrogens with zero attached hydrogens (tertiary/aromatic N) is 2. The van der Waals surface area contributed by atoms with Gasteiger partial charge in [-0.2, -0.15) is 0 Å². The molecule has 3 rings (SSSR count). The van der Waals surface area contributed by atoms with Crippen molar-refractivity contribution in [1.82, 2.24) is 14.7 Å². The number of thiazole rings is 1. The largest absolute Gasteiger partial charge is 0.350 e. The quantitative estimate of drug-likeness (QED) is 0.854. The number of nitrogens with one attached hydrogen (secondary N) is 1. The summed E-state index contributed by atoms with van der Waals surface area (Å²) < 4.78 is 2.06. The fraction of sp³-hybridized carbons (Fsp3) is 0.556. The van der Waals surface area contributed by atoms with Gasteiger partial charge in [0.2, 0.25) is 5.91 Å². The molecule has 5 heteroatoms. The van der Waals surface area contributed by atoms with Crippen molar-refractivity contribution in [3.05, 3.63) is 28.5 Å². The molecular formula is C18H25N3OS. The number of carbonyl (C=O) groups excluding carboxylic acids is 1. The maximum Gasteiger partial charge on any atom is 0.244 e. The maximum absolute atomic E-state index is 12.2. The lowest BCUT2D eigenvalue weighted by molar-refractivity contribution is -0.117. The van der Waals surface area contributed by atoms with Crippen LogP contribution < -0.4 is 5.32 Å². The molecule has 124 valence electrons. The molecule has 1 saturated carbocycles. The summed E-state index contributed by atoms with van der Waals surface area (Å²) >= 11 is 1.67. The highest BCUT2D eigenvalue weighted by molar-refractivity contribution is 7.17. The van der Waals surface area contributed by atoms with Gasteiger partial charge in [0.15, 0.2) is 4.96 Å². The molecule has 2 heterocycles. The topological polar surface area (TPSA) is 46.4 Å². The molecule has 0 spiro atoms. The lowest BCUT2D eigenvalue weighted by Crippen LogP contribution is -2.34. The number of fused-ring (bicyclic) bond motifs is 1. The number of hydrogen-bond donors (Lipinski definition) is 1. The van der Waals surface area contributed by atoms with Crippen LogP contribution in [0.1, 0.15) is 61.2 Å². The molecule has 0 aromatic carbocycles. The molecule has 0 saturated heterocycles. The summed E-state index contributed by atoms with van der Waals surface area (Å²) in [6.45, 7) is 4.06. The Morgan fingerprint density at radius 1 is 1.26 bits per heavy atom. The number of hydrogen-bond acceptors (Lipinski definition) is 3. The smallest absolute Gasteiger partial charge is 0.244 e. The first-order chi connectivity index (χ1) is 11.1. The van der Waals surface area contributed by atoms with E-state index in [1.807, 2.05) is 13.0 Å². The monoisotopic (exact) mass is 331 g/mol. The van der Waals surface area contributed by atoms with Crippen molar-refractivity contribution in [3.63, 3.8) is 0 Å². The van der Waals surface area contributed by atoms with Crippen LogP contribution in [0.5, 0.6) is 0 Å². The van der Waals surface area contributed by atoms with Gasteiger partial charge in [-0.15, -0.1) is 11.3 Å². The van der Waals surface area contributed by atoms with Crippen molar-refractivity contribution < 1.29 is 4.79 Å². The van der Waals surface area contributed by atoms with Gasteiger partial charge < -0.3 is 5.32 Å². The Hall–Kier alpha value is -1.62. The number of carbonyl (C=O) groups is 1. The second-order valence-corrected chi connectivity index (χ2v) is 7.67. The lowest BCUT2D eigenvalue weighted by Gasteiger charge is -2.20. The number of aromatic nitrogens is 2. The van der Waals surface area contributed by atoms with Crippen molar-refractivity contribution in [2.24, 2.45) is 0 Å². The molecule has 0 unspecified atom stereocenters. The molecule has 0 radical (unpaired) electrons. The van der Waals surface area contributed by atoms with Crippen LogP contribution in [0.3, 0.4) is 0 Å². The molecule has 0 bridgehead atoms. The second kappa shape index (κ2) is 7.30. The second-order valence-electron chi connectivity index (χ2n) is 6.46. The maximum atomic E-state index is 12.2. The third-order valence-electron chi connectivity index (χ3n) is 4.51. The van der Waals surface area contributed by atoms with Gasteiger partial charge in [0.25, 0.3) is 0 Å². The van der Waals surface area contributed by atoms with Gasteiger partial charge in [-0.25, -0.2) is 4.98 Å². The van der Waals surface area contributed by atoms with Crippen LogP contribution in [-0.4, -0.2) is 21.3 Å². The Kier molecular flexibility index (Phi) is 5.16. The minimum Gasteiger partial charge on any atom is -0.350 e. The van der Waals surface area contributed by atoms with E-state index < -0.39 is 0 Å². The Morgan fingerprint density at radius 3 is 2.70 bits per heavy atom. The summed E-state index contributed by atoms with van der Waals surface area (Å²) in [5.74, 6) is 0.0110. The molecule has 2 aromatic heterocycles. The van der Waals surface area contributed by atoms with E-state index in [0.717, 1.165) is 29.2 Å². The van der Waals surface area contributed by atoms with E-state index in [-0.39, 0.29) is 5.91 Å². The van der Waals surface area contributed by atoms with E-state index in [1.165, 1.54) is 37.0 Å². The predicted octanol–water partition coefficient (Wildman–Crippen LogP) is 4.25. The summed E-state index contributed by atoms with van der Waals surface area (Å²) in [4.78, 5) is 19.0. The zero-order valence-electron chi connectivity index (χ0n) is 14.0. The molecule has 1 fully saturated rings. The highest BCUT2D eigenvalue weighted by Gasteiger charge is 2.13. The van der Waals surface area contributed by atoms with Crippen molar-refractivity contribution in [1.29, 1.82) is 0 Å². The van der Waals surface area contributed by atoms with Crippen LogP contribution in [0.4, 0.5) is 0 Å². The molecule has 4 nitrogen and oxygen atoms in total. The van der Waals surface area contributed by atoms with Gasteiger partial charge in [-0.3, -0.25) is 9.20 Å². The molecule has 0 atom stereocenters. The lowest BCUT2D eigenvalue weighted by atomic mass is 9.97. The van der Waals surface area contributed by atoms with E-state index in [1.54, 1.807) is 17.4 Å². The highest BCUT2D eigenvalue weighted by atomic mass is 32.1. The van der Waals surface area contributed by atoms with Crippen molar-refractivity contribution >= 4 is 28.3 Å². The minimum absolute atomic E-state index is 0.0110. The summed E-state index contributed by atoms with van der Waals surface area (Å²) in [5, 5.41) is 3.17. The van der Waals surface area contributed by atoms with Crippen LogP contribution in [0, 0.1) is 13.8 Å². The number of imidazole rings is 1. The SMILES string of the molecule is Cc1cn2c(/C=C/C(=O)NC3CCCCCCC3)c(C)nc2s1. The average molecular weight is 331 g/mol. The summed E-state index contributed by atoms with van der Waals surface area (Å²) in [6.07, 6.45) is 14.2. The van der Waals surface area contributed by atoms with Gasteiger partial charge in [-0.1, -0.05) is 32.1 Å². The number of aryl methyl sites for hydroxylation is 2. The van der Waals surface area contributed by atoms with Crippen molar-refractivity contribution in [2.45, 2.75) is 64.8 Å². The van der Waals surface area contributed by atoms with E-state index in [4.69, 9.17) is 0 Å². The molecule has 1 aliphatic rings. The Labute approximate surface area is 141 Å². The third kappa shape index (κ3) is 4.02. The molecule has 1 amide bonds. The van der Waals surface area contributed by atoms with Crippen LogP contribution >= 0.6 is 11.3 Å². The first kappa shape index (κ1) is 16.2. The fourth-order valence-corrected chi connectivity index (χ4v) is 4.16. The predicted molar refractivity (Wildman–Crippen MR) is 95.8 cm³/mol. The van der Waals surface area contributed by atoms with Gasteiger partial charge >= 0.3 is 0 Å². The Morgan fingerprint density at radius 2 is 1.96 bits per heavy atom. The number of amides is 1. The summed E-state index contributed by atoms with van der Waals surface area (Å²) in [7, 11) is 0. The third-order valence-corrected chi connectivity index (χ3v) is 5.40. The fourth-order valence-electron chi connectivity index (χ4n) is 3.29. The Balaban J connectivity index is 1.66. The first-order valence-electron chi connectivity index (χ1n) is 8.57. The summed E-state index contributed by atoms with van der Waals surface area (Å²) in [6, 6.07) is 0.336. The first-order valence-corrected chi connectivity index (χ1v) is 9.39. The van der Waals surface area contributed by atoms with Crippen LogP contribution in [0.15, 0.2) is 12.3 Å². The van der Waals surface area contributed by atoms with Crippen molar-refractivity contribution in [2.75, 3.05) is 0 Å². The highest BCUT2D eigenvalue weighted by Crippen LogP contribution is 2.21. The van der Waals surface area contributed by atoms with E-state index in [2.05, 4.69) is 27.8 Å². The minimum atomic E-state index is 0.0110. The van der Waals surface area contributed by atoms with Crippen LogP contribution in [0.25, 0.3) is 11.0 Å². The average Bonchev–Trinajstić information content (AvgIpc) is 2.95. The normalized spacial score (nSPS) is 17.5. The Bertz CT molecular complexity index is 705. The van der Waals surface area contributed by atoms with Gasteiger partial charge in [0.05, 0.1) is 11.4 Å².